The van der Waals surface area contributed by atoms with Crippen LogP contribution in [0.5, 0.6) is 0 Å². The molecule has 0 spiro atoms. The van der Waals surface area contributed by atoms with Crippen LogP contribution in [0.15, 0.2) is 30.6 Å². The van der Waals surface area contributed by atoms with Gasteiger partial charge in [0.1, 0.15) is 0 Å². The maximum atomic E-state index is 6.06. The van der Waals surface area contributed by atoms with Gasteiger partial charge in [0.2, 0.25) is 0 Å². The van der Waals surface area contributed by atoms with Crippen molar-refractivity contribution in [2.24, 2.45) is 0 Å². The molecule has 0 unspecified atom stereocenters. The molecule has 0 fully saturated rings. The molecule has 0 N–H and O–H groups in total. The number of aromatic nitrogens is 2. The molecule has 0 amide bonds. The second-order valence-corrected chi connectivity index (χ2v) is 3.92. The Morgan fingerprint density at radius 1 is 1.06 bits per heavy atom. The average molecular weight is 249 g/mol. The van der Waals surface area contributed by atoms with Gasteiger partial charge >= 0.3 is 0 Å². The van der Waals surface area contributed by atoms with Gasteiger partial charge in [0.15, 0.2) is 0 Å². The summed E-state index contributed by atoms with van der Waals surface area (Å²) in [5.41, 5.74) is 3.84. The molecule has 90 valence electrons. The largest absolute Gasteiger partial charge is 0.261 e. The maximum Gasteiger partial charge on any atom is 0.0888 e. The van der Waals surface area contributed by atoms with Crippen molar-refractivity contribution in [3.8, 4) is 11.3 Å². The Hall–Kier alpha value is -1.41. The second kappa shape index (κ2) is 6.36. The van der Waals surface area contributed by atoms with Gasteiger partial charge in [-0.3, -0.25) is 4.98 Å². The lowest BCUT2D eigenvalue weighted by Crippen LogP contribution is -1.89. The van der Waals surface area contributed by atoms with Crippen molar-refractivity contribution in [1.29, 1.82) is 0 Å². The average Bonchev–Trinajstić information content (AvgIpc) is 2.35. The number of hydrogen-bond acceptors (Lipinski definition) is 2. The summed E-state index contributed by atoms with van der Waals surface area (Å²) in [4.78, 5) is 8.50. The first-order valence-electron chi connectivity index (χ1n) is 5.72. The highest BCUT2D eigenvalue weighted by Crippen LogP contribution is 2.23. The molecule has 0 aliphatic rings. The van der Waals surface area contributed by atoms with E-state index in [1.54, 1.807) is 12.4 Å². The first kappa shape index (κ1) is 13.7. The summed E-state index contributed by atoms with van der Waals surface area (Å²) in [6, 6.07) is 5.91. The van der Waals surface area contributed by atoms with Gasteiger partial charge in [-0.2, -0.15) is 0 Å². The number of benzene rings is 1. The molecule has 2 nitrogen and oxygen atoms in total. The Balaban J connectivity index is 0.000000686. The number of hydrogen-bond donors (Lipinski definition) is 0. The second-order valence-electron chi connectivity index (χ2n) is 3.51. The van der Waals surface area contributed by atoms with Crippen LogP contribution in [0.1, 0.15) is 25.1 Å². The Bertz CT molecular complexity index is 495. The summed E-state index contributed by atoms with van der Waals surface area (Å²) >= 11 is 6.06. The Morgan fingerprint density at radius 2 is 1.76 bits per heavy atom. The van der Waals surface area contributed by atoms with E-state index in [4.69, 9.17) is 11.6 Å². The zero-order valence-electron chi connectivity index (χ0n) is 10.7. The van der Waals surface area contributed by atoms with Crippen LogP contribution in [0.3, 0.4) is 0 Å². The molecular formula is C14H17ClN2. The zero-order valence-corrected chi connectivity index (χ0v) is 11.4. The first-order valence-corrected chi connectivity index (χ1v) is 6.10. The SMILES string of the molecule is CC.Cc1cncc(-c2ccc(C)c(Cl)c2)n1. The normalized spacial score (nSPS) is 9.47. The fraction of sp³-hybridized carbons (Fsp3) is 0.286. The van der Waals surface area contributed by atoms with Crippen LogP contribution in [0, 0.1) is 13.8 Å². The fourth-order valence-electron chi connectivity index (χ4n) is 1.35. The smallest absolute Gasteiger partial charge is 0.0888 e. The summed E-state index contributed by atoms with van der Waals surface area (Å²) in [6.07, 6.45) is 3.48. The van der Waals surface area contributed by atoms with Crippen LogP contribution < -0.4 is 0 Å². The third-order valence-electron chi connectivity index (χ3n) is 2.22. The number of aryl methyl sites for hydroxylation is 2. The summed E-state index contributed by atoms with van der Waals surface area (Å²) in [7, 11) is 0. The zero-order chi connectivity index (χ0) is 12.8. The van der Waals surface area contributed by atoms with Crippen LogP contribution in [0.25, 0.3) is 11.3 Å². The highest BCUT2D eigenvalue weighted by molar-refractivity contribution is 6.31. The van der Waals surface area contributed by atoms with Crippen LogP contribution >= 0.6 is 11.6 Å². The molecule has 0 saturated heterocycles. The van der Waals surface area contributed by atoms with Crippen molar-refractivity contribution in [3.63, 3.8) is 0 Å². The minimum Gasteiger partial charge on any atom is -0.261 e. The van der Waals surface area contributed by atoms with Gasteiger partial charge in [0, 0.05) is 16.8 Å². The highest BCUT2D eigenvalue weighted by atomic mass is 35.5. The Kier molecular flexibility index (Phi) is 5.11. The molecule has 1 aromatic heterocycles. The van der Waals surface area contributed by atoms with Crippen LogP contribution in [-0.2, 0) is 0 Å². The van der Waals surface area contributed by atoms with E-state index >= 15 is 0 Å². The quantitative estimate of drug-likeness (QED) is 0.746. The van der Waals surface area contributed by atoms with E-state index < -0.39 is 0 Å². The Labute approximate surface area is 108 Å². The van der Waals surface area contributed by atoms with Crippen LogP contribution in [0.4, 0.5) is 0 Å². The Morgan fingerprint density at radius 3 is 2.35 bits per heavy atom. The van der Waals surface area contributed by atoms with Gasteiger partial charge in [-0.25, -0.2) is 4.98 Å². The molecule has 2 aromatic rings. The molecule has 0 aliphatic carbocycles. The van der Waals surface area contributed by atoms with Crippen LogP contribution in [0.2, 0.25) is 5.02 Å². The van der Waals surface area contributed by atoms with E-state index in [1.165, 1.54) is 0 Å². The number of rotatable bonds is 1. The van der Waals surface area contributed by atoms with Crippen molar-refractivity contribution in [1.82, 2.24) is 9.97 Å². The van der Waals surface area contributed by atoms with Gasteiger partial charge in [0.25, 0.3) is 0 Å². The van der Waals surface area contributed by atoms with E-state index in [2.05, 4.69) is 9.97 Å². The standard InChI is InChI=1S/C12H11ClN2.C2H6/c1-8-3-4-10(5-11(8)13)12-7-14-6-9(2)15-12;1-2/h3-7H,1-2H3;1-2H3. The summed E-state index contributed by atoms with van der Waals surface area (Å²) in [6.45, 7) is 7.90. The van der Waals surface area contributed by atoms with E-state index in [9.17, 15) is 0 Å². The molecule has 0 bridgehead atoms. The number of nitrogens with zero attached hydrogens (tertiary/aromatic N) is 2. The topological polar surface area (TPSA) is 25.8 Å². The minimum atomic E-state index is 0.760. The molecule has 0 aliphatic heterocycles. The van der Waals surface area contributed by atoms with E-state index in [1.807, 2.05) is 45.9 Å². The van der Waals surface area contributed by atoms with E-state index in [0.29, 0.717) is 0 Å². The summed E-state index contributed by atoms with van der Waals surface area (Å²) < 4.78 is 0. The summed E-state index contributed by atoms with van der Waals surface area (Å²) in [5, 5.41) is 0.760. The molecule has 3 heteroatoms. The van der Waals surface area contributed by atoms with Gasteiger partial charge in [0.05, 0.1) is 17.6 Å². The van der Waals surface area contributed by atoms with Gasteiger partial charge in [-0.15, -0.1) is 0 Å². The lowest BCUT2D eigenvalue weighted by Gasteiger charge is -2.03. The molecule has 17 heavy (non-hydrogen) atoms. The monoisotopic (exact) mass is 248 g/mol. The van der Waals surface area contributed by atoms with Gasteiger partial charge in [-0.05, 0) is 25.5 Å². The van der Waals surface area contributed by atoms with Gasteiger partial charge in [-0.1, -0.05) is 37.6 Å². The third kappa shape index (κ3) is 3.53. The predicted molar refractivity (Wildman–Crippen MR) is 73.3 cm³/mol. The minimum absolute atomic E-state index is 0.760. The first-order chi connectivity index (χ1) is 8.16. The lowest BCUT2D eigenvalue weighted by molar-refractivity contribution is 1.12. The van der Waals surface area contributed by atoms with Crippen molar-refractivity contribution >= 4 is 11.6 Å². The molecule has 0 atom stereocenters. The maximum absolute atomic E-state index is 6.06. The molecular weight excluding hydrogens is 232 g/mol. The predicted octanol–water partition coefficient (Wildman–Crippen LogP) is 4.44. The van der Waals surface area contributed by atoms with Crippen molar-refractivity contribution in [2.45, 2.75) is 27.7 Å². The highest BCUT2D eigenvalue weighted by Gasteiger charge is 2.02. The molecule has 1 aromatic carbocycles. The molecule has 0 saturated carbocycles. The summed E-state index contributed by atoms with van der Waals surface area (Å²) in [5.74, 6) is 0. The van der Waals surface area contributed by atoms with Crippen LogP contribution in [-0.4, -0.2) is 9.97 Å². The molecule has 0 radical (unpaired) electrons. The van der Waals surface area contributed by atoms with Crippen molar-refractivity contribution in [3.05, 3.63) is 46.9 Å². The molecule has 1 heterocycles. The number of halogens is 1. The lowest BCUT2D eigenvalue weighted by atomic mass is 10.1. The van der Waals surface area contributed by atoms with E-state index in [0.717, 1.165) is 27.5 Å². The van der Waals surface area contributed by atoms with Crippen molar-refractivity contribution < 1.29 is 0 Å². The molecule has 2 rings (SSSR count). The third-order valence-corrected chi connectivity index (χ3v) is 2.63. The van der Waals surface area contributed by atoms with Crippen molar-refractivity contribution in [2.75, 3.05) is 0 Å². The van der Waals surface area contributed by atoms with Gasteiger partial charge < -0.3 is 0 Å². The van der Waals surface area contributed by atoms with E-state index in [-0.39, 0.29) is 0 Å². The fourth-order valence-corrected chi connectivity index (χ4v) is 1.54.